The van der Waals surface area contributed by atoms with E-state index in [-0.39, 0.29) is 17.4 Å². The van der Waals surface area contributed by atoms with Gasteiger partial charge in [0.25, 0.3) is 5.91 Å². The Balaban J connectivity index is 2.37. The van der Waals surface area contributed by atoms with Gasteiger partial charge in [-0.05, 0) is 19.1 Å². The highest BCUT2D eigenvalue weighted by atomic mass is 19.4. The summed E-state index contributed by atoms with van der Waals surface area (Å²) in [7, 11) is 0. The van der Waals surface area contributed by atoms with Gasteiger partial charge in [-0.2, -0.15) is 18.2 Å². The predicted molar refractivity (Wildman–Crippen MR) is 66.2 cm³/mol. The van der Waals surface area contributed by atoms with E-state index in [0.717, 1.165) is 12.1 Å². The van der Waals surface area contributed by atoms with Crippen LogP contribution in [-0.4, -0.2) is 16.0 Å². The molecule has 1 amide bonds. The number of benzene rings is 1. The molecule has 112 valence electrons. The quantitative estimate of drug-likeness (QED) is 0.591. The number of nitrogens with one attached hydrogen (secondary N) is 2. The second-order valence-corrected chi connectivity index (χ2v) is 3.97. The first-order valence-electron chi connectivity index (χ1n) is 5.61. The summed E-state index contributed by atoms with van der Waals surface area (Å²) in [6.45, 7) is 1.52. The van der Waals surface area contributed by atoms with Gasteiger partial charge >= 0.3 is 12.2 Å². The number of amides is 1. The lowest BCUT2D eigenvalue weighted by Gasteiger charge is -2.15. The van der Waals surface area contributed by atoms with Crippen LogP contribution in [0, 0.1) is 6.92 Å². The van der Waals surface area contributed by atoms with Gasteiger partial charge in [0.15, 0.2) is 5.82 Å². The van der Waals surface area contributed by atoms with Crippen molar-refractivity contribution in [2.75, 3.05) is 10.7 Å². The number of hydrogen-bond acceptors (Lipinski definition) is 6. The summed E-state index contributed by atoms with van der Waals surface area (Å²) in [5, 5.41) is 5.63. The van der Waals surface area contributed by atoms with Crippen molar-refractivity contribution < 1.29 is 22.5 Å². The van der Waals surface area contributed by atoms with Crippen molar-refractivity contribution in [2.45, 2.75) is 13.1 Å². The van der Waals surface area contributed by atoms with Gasteiger partial charge in [-0.1, -0.05) is 11.2 Å². The molecular formula is C11H10F3N5O2. The van der Waals surface area contributed by atoms with Crippen molar-refractivity contribution >= 4 is 17.6 Å². The molecular weight excluding hydrogens is 291 g/mol. The second kappa shape index (κ2) is 5.40. The number of halogens is 3. The number of aromatic nitrogens is 2. The number of para-hydroxylation sites is 1. The summed E-state index contributed by atoms with van der Waals surface area (Å²) in [6.07, 6.45) is -4.65. The molecule has 1 aromatic carbocycles. The van der Waals surface area contributed by atoms with E-state index in [0.29, 0.717) is 0 Å². The number of hydrazine groups is 1. The molecule has 0 aliphatic rings. The van der Waals surface area contributed by atoms with Gasteiger partial charge in [0.1, 0.15) is 0 Å². The zero-order valence-electron chi connectivity index (χ0n) is 10.7. The Morgan fingerprint density at radius 2 is 2.10 bits per heavy atom. The van der Waals surface area contributed by atoms with Crippen LogP contribution in [0.1, 0.15) is 21.7 Å². The SMILES string of the molecule is Cc1noc(NC(=O)c2cccc(C(F)(F)F)c2NN)n1. The van der Waals surface area contributed by atoms with Crippen molar-refractivity contribution in [2.24, 2.45) is 5.84 Å². The molecule has 0 fully saturated rings. The fraction of sp³-hybridized carbons (Fsp3) is 0.182. The van der Waals surface area contributed by atoms with Crippen molar-refractivity contribution in [1.29, 1.82) is 0 Å². The number of carbonyl (C=O) groups is 1. The van der Waals surface area contributed by atoms with Crippen LogP contribution >= 0.6 is 0 Å². The van der Waals surface area contributed by atoms with Gasteiger partial charge < -0.3 is 9.95 Å². The standard InChI is InChI=1S/C11H10F3N5O2/c1-5-16-10(21-19-5)17-9(20)6-3-2-4-7(8(6)18-15)11(12,13)14/h2-4,18H,15H2,1H3,(H,16,17,19,20). The zero-order chi connectivity index (χ0) is 15.6. The summed E-state index contributed by atoms with van der Waals surface area (Å²) in [6, 6.07) is 2.86. The largest absolute Gasteiger partial charge is 0.418 e. The van der Waals surface area contributed by atoms with Crippen LogP contribution in [0.25, 0.3) is 0 Å². The number of rotatable bonds is 3. The normalized spacial score (nSPS) is 11.3. The molecule has 0 bridgehead atoms. The number of nitrogens with two attached hydrogens (primary N) is 1. The van der Waals surface area contributed by atoms with E-state index >= 15 is 0 Å². The van der Waals surface area contributed by atoms with Crippen molar-refractivity contribution in [3.05, 3.63) is 35.2 Å². The Bertz CT molecular complexity index is 668. The van der Waals surface area contributed by atoms with Gasteiger partial charge in [-0.25, -0.2) is 0 Å². The third-order valence-corrected chi connectivity index (χ3v) is 2.51. The van der Waals surface area contributed by atoms with E-state index in [1.807, 2.05) is 5.43 Å². The third kappa shape index (κ3) is 3.11. The average Bonchev–Trinajstić information content (AvgIpc) is 2.82. The van der Waals surface area contributed by atoms with Gasteiger partial charge in [0.2, 0.25) is 0 Å². The maximum absolute atomic E-state index is 12.8. The molecule has 2 rings (SSSR count). The number of nitrogens with zero attached hydrogens (tertiary/aromatic N) is 2. The van der Waals surface area contributed by atoms with Crippen molar-refractivity contribution in [3.8, 4) is 0 Å². The first-order chi connectivity index (χ1) is 9.82. The molecule has 1 heterocycles. The maximum atomic E-state index is 12.8. The zero-order valence-corrected chi connectivity index (χ0v) is 10.7. The third-order valence-electron chi connectivity index (χ3n) is 2.51. The van der Waals surface area contributed by atoms with Crippen LogP contribution in [0.5, 0.6) is 0 Å². The Kier molecular flexibility index (Phi) is 3.80. The van der Waals surface area contributed by atoms with Gasteiger partial charge in [-0.15, -0.1) is 0 Å². The fourth-order valence-corrected chi connectivity index (χ4v) is 1.65. The molecule has 0 spiro atoms. The number of carbonyl (C=O) groups excluding carboxylic acids is 1. The number of aryl methyl sites for hydroxylation is 1. The smallest absolute Gasteiger partial charge is 0.323 e. The second-order valence-electron chi connectivity index (χ2n) is 3.97. The van der Waals surface area contributed by atoms with Gasteiger partial charge in [0, 0.05) is 0 Å². The molecule has 1 aromatic heterocycles. The lowest BCUT2D eigenvalue weighted by Crippen LogP contribution is -2.21. The van der Waals surface area contributed by atoms with Crippen LogP contribution < -0.4 is 16.6 Å². The lowest BCUT2D eigenvalue weighted by atomic mass is 10.1. The molecule has 0 aliphatic carbocycles. The number of anilines is 2. The first kappa shape index (κ1) is 14.8. The molecule has 0 radical (unpaired) electrons. The Morgan fingerprint density at radius 3 is 2.62 bits per heavy atom. The minimum atomic E-state index is -4.65. The maximum Gasteiger partial charge on any atom is 0.418 e. The van der Waals surface area contributed by atoms with Crippen molar-refractivity contribution in [3.63, 3.8) is 0 Å². The molecule has 0 atom stereocenters. The number of alkyl halides is 3. The number of nitrogen functional groups attached to an aromatic ring is 1. The highest BCUT2D eigenvalue weighted by molar-refractivity contribution is 6.07. The topological polar surface area (TPSA) is 106 Å². The van der Waals surface area contributed by atoms with E-state index in [1.54, 1.807) is 0 Å². The molecule has 0 saturated heterocycles. The lowest BCUT2D eigenvalue weighted by molar-refractivity contribution is -0.137. The summed E-state index contributed by atoms with van der Waals surface area (Å²) in [5.41, 5.74) is -0.00645. The summed E-state index contributed by atoms with van der Waals surface area (Å²) >= 11 is 0. The minimum Gasteiger partial charge on any atom is -0.323 e. The molecule has 2 aromatic rings. The molecule has 10 heteroatoms. The molecule has 7 nitrogen and oxygen atoms in total. The van der Waals surface area contributed by atoms with E-state index in [1.165, 1.54) is 13.0 Å². The Hall–Kier alpha value is -2.62. The molecule has 4 N–H and O–H groups in total. The molecule has 0 unspecified atom stereocenters. The first-order valence-corrected chi connectivity index (χ1v) is 5.61. The van der Waals surface area contributed by atoms with Crippen LogP contribution in [-0.2, 0) is 6.18 Å². The van der Waals surface area contributed by atoms with E-state index in [4.69, 9.17) is 5.84 Å². The number of hydrogen-bond donors (Lipinski definition) is 3. The van der Waals surface area contributed by atoms with Gasteiger partial charge in [-0.3, -0.25) is 16.0 Å². The highest BCUT2D eigenvalue weighted by Crippen LogP contribution is 2.36. The summed E-state index contributed by atoms with van der Waals surface area (Å²) < 4.78 is 43.2. The Morgan fingerprint density at radius 1 is 1.38 bits per heavy atom. The molecule has 21 heavy (non-hydrogen) atoms. The van der Waals surface area contributed by atoms with Crippen molar-refractivity contribution in [1.82, 2.24) is 10.1 Å². The highest BCUT2D eigenvalue weighted by Gasteiger charge is 2.35. The minimum absolute atomic E-state index is 0.224. The average molecular weight is 301 g/mol. The van der Waals surface area contributed by atoms with Crippen LogP contribution in [0.3, 0.4) is 0 Å². The summed E-state index contributed by atoms with van der Waals surface area (Å²) in [4.78, 5) is 15.7. The van der Waals surface area contributed by atoms with Crippen LogP contribution in [0.15, 0.2) is 22.7 Å². The monoisotopic (exact) mass is 301 g/mol. The van der Waals surface area contributed by atoms with Gasteiger partial charge in [0.05, 0.1) is 16.8 Å². The van der Waals surface area contributed by atoms with E-state index < -0.39 is 23.3 Å². The molecule has 0 saturated carbocycles. The van der Waals surface area contributed by atoms with E-state index in [9.17, 15) is 18.0 Å². The predicted octanol–water partition coefficient (Wildman–Crippen LogP) is 1.93. The van der Waals surface area contributed by atoms with E-state index in [2.05, 4.69) is 20.0 Å². The fourth-order valence-electron chi connectivity index (χ4n) is 1.65. The Labute approximate surface area is 116 Å². The van der Waals surface area contributed by atoms with Crippen LogP contribution in [0.4, 0.5) is 24.9 Å². The molecule has 0 aliphatic heterocycles. The van der Waals surface area contributed by atoms with Crippen LogP contribution in [0.2, 0.25) is 0 Å². The summed E-state index contributed by atoms with van der Waals surface area (Å²) in [5.74, 6) is 4.51.